The van der Waals surface area contributed by atoms with E-state index >= 15 is 0 Å². The van der Waals surface area contributed by atoms with Crippen LogP contribution in [0.1, 0.15) is 18.4 Å². The lowest BCUT2D eigenvalue weighted by Crippen LogP contribution is -1.90. The molecule has 0 aromatic heterocycles. The fourth-order valence-electron chi connectivity index (χ4n) is 1.70. The van der Waals surface area contributed by atoms with Crippen LogP contribution < -0.4 is 0 Å². The highest BCUT2D eigenvalue weighted by Gasteiger charge is 2.06. The first kappa shape index (κ1) is 8.77. The predicted molar refractivity (Wildman–Crippen MR) is 58.0 cm³/mol. The molecule has 2 aromatic rings. The van der Waals surface area contributed by atoms with Crippen LogP contribution in [0.5, 0.6) is 0 Å². The Balaban J connectivity index is 2.72. The third-order valence-electron chi connectivity index (χ3n) is 2.48. The van der Waals surface area contributed by atoms with Gasteiger partial charge in [0.25, 0.3) is 0 Å². The molecule has 0 aliphatic rings. The minimum atomic E-state index is -0.0406. The van der Waals surface area contributed by atoms with Gasteiger partial charge in [-0.2, -0.15) is 5.26 Å². The highest BCUT2D eigenvalue weighted by Crippen LogP contribution is 2.24. The summed E-state index contributed by atoms with van der Waals surface area (Å²) in [5.41, 5.74) is 1.12. The Kier molecular flexibility index (Phi) is 2.20. The molecule has 0 bridgehead atoms. The molecule has 0 amide bonds. The molecular weight excluding hydrogens is 170 g/mol. The molecule has 0 spiro atoms. The zero-order valence-electron chi connectivity index (χ0n) is 8.07. The smallest absolute Gasteiger partial charge is 0.0701 e. The minimum Gasteiger partial charge on any atom is -0.198 e. The van der Waals surface area contributed by atoms with Gasteiger partial charge in [0, 0.05) is 0 Å². The standard InChI is InChI=1S/C13H11N/c1-10(9-14)12-8-4-6-11-5-2-3-7-13(11)12/h2-8,10H,1H3/t10-/m0/s1. The molecule has 0 unspecified atom stereocenters. The monoisotopic (exact) mass is 181 g/mol. The van der Waals surface area contributed by atoms with E-state index in [0.29, 0.717) is 0 Å². The van der Waals surface area contributed by atoms with Gasteiger partial charge in [0.2, 0.25) is 0 Å². The lowest BCUT2D eigenvalue weighted by molar-refractivity contribution is 0.994. The zero-order valence-corrected chi connectivity index (χ0v) is 8.07. The number of nitriles is 1. The molecule has 2 aromatic carbocycles. The second-order valence-corrected chi connectivity index (χ2v) is 3.42. The van der Waals surface area contributed by atoms with Crippen LogP contribution in [-0.2, 0) is 0 Å². The molecule has 2 rings (SSSR count). The summed E-state index contributed by atoms with van der Waals surface area (Å²) in [6.07, 6.45) is 0. The molecule has 0 radical (unpaired) electrons. The second kappa shape index (κ2) is 3.51. The Hall–Kier alpha value is -1.81. The Bertz CT molecular complexity index is 489. The van der Waals surface area contributed by atoms with Gasteiger partial charge in [-0.25, -0.2) is 0 Å². The summed E-state index contributed by atoms with van der Waals surface area (Å²) < 4.78 is 0. The predicted octanol–water partition coefficient (Wildman–Crippen LogP) is 3.47. The molecule has 1 heteroatoms. The van der Waals surface area contributed by atoms with Gasteiger partial charge in [0.15, 0.2) is 0 Å². The van der Waals surface area contributed by atoms with E-state index in [2.05, 4.69) is 24.3 Å². The fraction of sp³-hybridized carbons (Fsp3) is 0.154. The summed E-state index contributed by atoms with van der Waals surface area (Å²) in [5, 5.41) is 11.3. The average Bonchev–Trinajstić information content (AvgIpc) is 2.27. The van der Waals surface area contributed by atoms with Crippen molar-refractivity contribution in [3.63, 3.8) is 0 Å². The van der Waals surface area contributed by atoms with Crippen LogP contribution >= 0.6 is 0 Å². The second-order valence-electron chi connectivity index (χ2n) is 3.42. The van der Waals surface area contributed by atoms with Crippen LogP contribution in [0.15, 0.2) is 42.5 Å². The molecule has 0 heterocycles. The van der Waals surface area contributed by atoms with Gasteiger partial charge >= 0.3 is 0 Å². The van der Waals surface area contributed by atoms with Crippen LogP contribution in [0, 0.1) is 11.3 Å². The molecule has 0 saturated heterocycles. The number of hydrogen-bond acceptors (Lipinski definition) is 1. The number of nitrogens with zero attached hydrogens (tertiary/aromatic N) is 1. The number of fused-ring (bicyclic) bond motifs is 1. The van der Waals surface area contributed by atoms with Crippen LogP contribution in [0.2, 0.25) is 0 Å². The number of rotatable bonds is 1. The van der Waals surface area contributed by atoms with Crippen molar-refractivity contribution in [2.75, 3.05) is 0 Å². The van der Waals surface area contributed by atoms with Gasteiger partial charge in [-0.1, -0.05) is 42.5 Å². The number of hydrogen-bond donors (Lipinski definition) is 0. The molecule has 0 aliphatic carbocycles. The summed E-state index contributed by atoms with van der Waals surface area (Å²) in [6, 6.07) is 16.5. The normalized spacial score (nSPS) is 12.3. The lowest BCUT2D eigenvalue weighted by Gasteiger charge is -2.07. The summed E-state index contributed by atoms with van der Waals surface area (Å²) in [6.45, 7) is 1.93. The van der Waals surface area contributed by atoms with E-state index in [9.17, 15) is 0 Å². The van der Waals surface area contributed by atoms with Crippen LogP contribution in [0.3, 0.4) is 0 Å². The van der Waals surface area contributed by atoms with E-state index in [-0.39, 0.29) is 5.92 Å². The zero-order chi connectivity index (χ0) is 9.97. The van der Waals surface area contributed by atoms with Crippen LogP contribution in [0.25, 0.3) is 10.8 Å². The summed E-state index contributed by atoms with van der Waals surface area (Å²) in [4.78, 5) is 0. The summed E-state index contributed by atoms with van der Waals surface area (Å²) >= 11 is 0. The van der Waals surface area contributed by atoms with E-state index in [1.165, 1.54) is 10.8 Å². The molecule has 1 atom stereocenters. The van der Waals surface area contributed by atoms with Gasteiger partial charge in [0.1, 0.15) is 0 Å². The molecule has 0 aliphatic heterocycles. The van der Waals surface area contributed by atoms with E-state index in [0.717, 1.165) is 5.56 Å². The quantitative estimate of drug-likeness (QED) is 0.660. The molecule has 68 valence electrons. The molecule has 0 N–H and O–H groups in total. The van der Waals surface area contributed by atoms with E-state index in [1.807, 2.05) is 31.2 Å². The van der Waals surface area contributed by atoms with Crippen molar-refractivity contribution in [3.8, 4) is 6.07 Å². The summed E-state index contributed by atoms with van der Waals surface area (Å²) in [5.74, 6) is -0.0406. The first-order valence-electron chi connectivity index (χ1n) is 4.70. The van der Waals surface area contributed by atoms with Crippen molar-refractivity contribution >= 4 is 10.8 Å². The maximum absolute atomic E-state index is 8.90. The van der Waals surface area contributed by atoms with Gasteiger partial charge in [-0.3, -0.25) is 0 Å². The van der Waals surface area contributed by atoms with Crippen LogP contribution in [-0.4, -0.2) is 0 Å². The molecule has 0 fully saturated rings. The molecule has 0 saturated carbocycles. The van der Waals surface area contributed by atoms with Gasteiger partial charge in [-0.05, 0) is 23.3 Å². The Labute approximate surface area is 83.6 Å². The van der Waals surface area contributed by atoms with Gasteiger partial charge in [0.05, 0.1) is 12.0 Å². The first-order valence-corrected chi connectivity index (χ1v) is 4.70. The molecule has 1 nitrogen and oxygen atoms in total. The van der Waals surface area contributed by atoms with Crippen molar-refractivity contribution in [1.82, 2.24) is 0 Å². The Morgan fingerprint density at radius 1 is 1.07 bits per heavy atom. The SMILES string of the molecule is C[C@@H](C#N)c1cccc2ccccc12. The third kappa shape index (κ3) is 1.36. The largest absolute Gasteiger partial charge is 0.198 e. The first-order chi connectivity index (χ1) is 6.83. The number of benzene rings is 2. The highest BCUT2D eigenvalue weighted by atomic mass is 14.3. The van der Waals surface area contributed by atoms with E-state index in [1.54, 1.807) is 0 Å². The molecule has 14 heavy (non-hydrogen) atoms. The van der Waals surface area contributed by atoms with E-state index < -0.39 is 0 Å². The minimum absolute atomic E-state index is 0.0406. The fourth-order valence-corrected chi connectivity index (χ4v) is 1.70. The Morgan fingerprint density at radius 3 is 2.57 bits per heavy atom. The van der Waals surface area contributed by atoms with Crippen molar-refractivity contribution < 1.29 is 0 Å². The Morgan fingerprint density at radius 2 is 1.79 bits per heavy atom. The van der Waals surface area contributed by atoms with Crippen molar-refractivity contribution in [1.29, 1.82) is 5.26 Å². The van der Waals surface area contributed by atoms with Crippen LogP contribution in [0.4, 0.5) is 0 Å². The maximum atomic E-state index is 8.90. The molecular formula is C13H11N. The van der Waals surface area contributed by atoms with Crippen molar-refractivity contribution in [2.24, 2.45) is 0 Å². The highest BCUT2D eigenvalue weighted by molar-refractivity contribution is 5.86. The average molecular weight is 181 g/mol. The topological polar surface area (TPSA) is 23.8 Å². The third-order valence-corrected chi connectivity index (χ3v) is 2.48. The lowest BCUT2D eigenvalue weighted by atomic mass is 9.96. The van der Waals surface area contributed by atoms with Crippen molar-refractivity contribution in [2.45, 2.75) is 12.8 Å². The van der Waals surface area contributed by atoms with E-state index in [4.69, 9.17) is 5.26 Å². The van der Waals surface area contributed by atoms with Gasteiger partial charge < -0.3 is 0 Å². The maximum Gasteiger partial charge on any atom is 0.0701 e. The summed E-state index contributed by atoms with van der Waals surface area (Å²) in [7, 11) is 0. The van der Waals surface area contributed by atoms with Gasteiger partial charge in [-0.15, -0.1) is 0 Å². The van der Waals surface area contributed by atoms with Crippen molar-refractivity contribution in [3.05, 3.63) is 48.0 Å².